The minimum atomic E-state index is -0.444. The number of ether oxygens (including phenoxy) is 1. The highest BCUT2D eigenvalue weighted by Gasteiger charge is 2.18. The minimum absolute atomic E-state index is 0.0311. The van der Waals surface area contributed by atoms with E-state index in [2.05, 4.69) is 21.2 Å². The van der Waals surface area contributed by atoms with E-state index in [1.807, 2.05) is 43.3 Å². The molecule has 0 bridgehead atoms. The number of halogens is 2. The highest BCUT2D eigenvalue weighted by Crippen LogP contribution is 2.23. The van der Waals surface area contributed by atoms with Gasteiger partial charge in [0.2, 0.25) is 0 Å². The molecule has 24 heavy (non-hydrogen) atoms. The van der Waals surface area contributed by atoms with Gasteiger partial charge in [0.25, 0.3) is 5.91 Å². The smallest absolute Gasteiger partial charge is 0.252 e. The third-order valence-electron chi connectivity index (χ3n) is 3.73. The number of methoxy groups -OCH3 is 1. The van der Waals surface area contributed by atoms with Crippen molar-refractivity contribution in [3.63, 3.8) is 0 Å². The van der Waals surface area contributed by atoms with E-state index >= 15 is 0 Å². The molecule has 0 aliphatic heterocycles. The van der Waals surface area contributed by atoms with Crippen molar-refractivity contribution in [3.05, 3.63) is 63.9 Å². The summed E-state index contributed by atoms with van der Waals surface area (Å²) in [5, 5.41) is 2.87. The van der Waals surface area contributed by atoms with E-state index in [-0.39, 0.29) is 17.5 Å². The lowest BCUT2D eigenvalue weighted by Crippen LogP contribution is -2.34. The molecule has 1 amide bonds. The first kappa shape index (κ1) is 18.4. The first-order valence-corrected chi connectivity index (χ1v) is 8.25. The molecule has 0 fully saturated rings. The normalized spacial score (nSPS) is 12.1. The Labute approximate surface area is 149 Å². The van der Waals surface area contributed by atoms with Crippen molar-refractivity contribution < 1.29 is 13.9 Å². The van der Waals surface area contributed by atoms with Gasteiger partial charge in [-0.2, -0.15) is 0 Å². The SMILES string of the molecule is COc1cccc(C(CNC(=O)c2cc(F)ccc2Br)N(C)C)c1. The van der Waals surface area contributed by atoms with Gasteiger partial charge < -0.3 is 15.0 Å². The van der Waals surface area contributed by atoms with Gasteiger partial charge in [-0.05, 0) is 65.9 Å². The van der Waals surface area contributed by atoms with Crippen LogP contribution in [0.1, 0.15) is 22.0 Å². The van der Waals surface area contributed by atoms with Gasteiger partial charge in [-0.1, -0.05) is 12.1 Å². The molecule has 4 nitrogen and oxygen atoms in total. The van der Waals surface area contributed by atoms with Crippen LogP contribution in [0.5, 0.6) is 5.75 Å². The molecule has 1 unspecified atom stereocenters. The molecule has 0 spiro atoms. The number of amides is 1. The number of nitrogens with zero attached hydrogens (tertiary/aromatic N) is 1. The number of hydrogen-bond acceptors (Lipinski definition) is 3. The molecule has 1 atom stereocenters. The Morgan fingerprint density at radius 3 is 2.71 bits per heavy atom. The number of rotatable bonds is 6. The molecule has 0 aliphatic rings. The van der Waals surface area contributed by atoms with E-state index in [4.69, 9.17) is 4.74 Å². The Morgan fingerprint density at radius 2 is 2.04 bits per heavy atom. The quantitative estimate of drug-likeness (QED) is 0.813. The molecule has 0 saturated carbocycles. The highest BCUT2D eigenvalue weighted by molar-refractivity contribution is 9.10. The van der Waals surface area contributed by atoms with Crippen LogP contribution in [-0.2, 0) is 0 Å². The molecule has 2 rings (SSSR count). The van der Waals surface area contributed by atoms with Crippen LogP contribution in [0.2, 0.25) is 0 Å². The molecule has 0 radical (unpaired) electrons. The summed E-state index contributed by atoms with van der Waals surface area (Å²) in [5.41, 5.74) is 1.30. The Balaban J connectivity index is 2.14. The van der Waals surface area contributed by atoms with E-state index in [0.29, 0.717) is 11.0 Å². The zero-order valence-electron chi connectivity index (χ0n) is 13.8. The zero-order chi connectivity index (χ0) is 17.7. The molecule has 0 heterocycles. The second kappa shape index (κ2) is 8.26. The lowest BCUT2D eigenvalue weighted by molar-refractivity contribution is 0.0940. The molecule has 0 aromatic heterocycles. The number of benzene rings is 2. The van der Waals surface area contributed by atoms with Gasteiger partial charge in [0.05, 0.1) is 18.7 Å². The van der Waals surface area contributed by atoms with Crippen LogP contribution in [0.25, 0.3) is 0 Å². The average molecular weight is 395 g/mol. The Bertz CT molecular complexity index is 722. The first-order chi connectivity index (χ1) is 11.4. The molecular formula is C18H20BrFN2O2. The van der Waals surface area contributed by atoms with Gasteiger partial charge >= 0.3 is 0 Å². The Hall–Kier alpha value is -1.92. The lowest BCUT2D eigenvalue weighted by Gasteiger charge is -2.25. The minimum Gasteiger partial charge on any atom is -0.497 e. The van der Waals surface area contributed by atoms with Crippen molar-refractivity contribution in [1.82, 2.24) is 10.2 Å². The van der Waals surface area contributed by atoms with Crippen molar-refractivity contribution in [2.45, 2.75) is 6.04 Å². The summed E-state index contributed by atoms with van der Waals surface area (Å²) in [5.74, 6) is -0.00465. The topological polar surface area (TPSA) is 41.6 Å². The Morgan fingerprint density at radius 1 is 1.29 bits per heavy atom. The number of carbonyl (C=O) groups is 1. The Kier molecular flexibility index (Phi) is 6.34. The molecule has 1 N–H and O–H groups in total. The van der Waals surface area contributed by atoms with E-state index in [1.54, 1.807) is 7.11 Å². The standard InChI is InChI=1S/C18H20BrFN2O2/c1-22(2)17(12-5-4-6-14(9-12)24-3)11-21-18(23)15-10-13(20)7-8-16(15)19/h4-10,17H,11H2,1-3H3,(H,21,23). The van der Waals surface area contributed by atoms with E-state index in [1.165, 1.54) is 18.2 Å². The summed E-state index contributed by atoms with van der Waals surface area (Å²) in [4.78, 5) is 14.4. The van der Waals surface area contributed by atoms with Gasteiger partial charge in [0, 0.05) is 11.0 Å². The van der Waals surface area contributed by atoms with Gasteiger partial charge in [-0.3, -0.25) is 4.79 Å². The summed E-state index contributed by atoms with van der Waals surface area (Å²) in [6.45, 7) is 0.391. The molecule has 2 aromatic carbocycles. The monoisotopic (exact) mass is 394 g/mol. The van der Waals surface area contributed by atoms with Crippen LogP contribution in [0.15, 0.2) is 46.9 Å². The number of hydrogen-bond donors (Lipinski definition) is 1. The molecular weight excluding hydrogens is 375 g/mol. The highest BCUT2D eigenvalue weighted by atomic mass is 79.9. The molecule has 6 heteroatoms. The number of likely N-dealkylation sites (N-methyl/N-ethyl adjacent to an activating group) is 1. The predicted molar refractivity (Wildman–Crippen MR) is 95.9 cm³/mol. The molecule has 128 valence electrons. The van der Waals surface area contributed by atoms with Crippen LogP contribution in [-0.4, -0.2) is 38.6 Å². The summed E-state index contributed by atoms with van der Waals surface area (Å²) < 4.78 is 19.2. The van der Waals surface area contributed by atoms with Crippen LogP contribution >= 0.6 is 15.9 Å². The van der Waals surface area contributed by atoms with E-state index in [9.17, 15) is 9.18 Å². The van der Waals surface area contributed by atoms with Crippen molar-refractivity contribution in [1.29, 1.82) is 0 Å². The number of carbonyl (C=O) groups excluding carboxylic acids is 1. The maximum absolute atomic E-state index is 13.4. The second-order valence-electron chi connectivity index (χ2n) is 5.59. The largest absolute Gasteiger partial charge is 0.497 e. The van der Waals surface area contributed by atoms with Gasteiger partial charge in [-0.25, -0.2) is 4.39 Å². The summed E-state index contributed by atoms with van der Waals surface area (Å²) >= 11 is 3.28. The number of nitrogens with one attached hydrogen (secondary N) is 1. The fourth-order valence-electron chi connectivity index (χ4n) is 2.40. The fraction of sp³-hybridized carbons (Fsp3) is 0.278. The van der Waals surface area contributed by atoms with Crippen LogP contribution in [0.4, 0.5) is 4.39 Å². The average Bonchev–Trinajstić information content (AvgIpc) is 2.57. The fourth-order valence-corrected chi connectivity index (χ4v) is 2.83. The second-order valence-corrected chi connectivity index (χ2v) is 6.44. The maximum Gasteiger partial charge on any atom is 0.252 e. The van der Waals surface area contributed by atoms with Gasteiger partial charge in [-0.15, -0.1) is 0 Å². The van der Waals surface area contributed by atoms with Crippen molar-refractivity contribution in [2.24, 2.45) is 0 Å². The first-order valence-electron chi connectivity index (χ1n) is 7.46. The van der Waals surface area contributed by atoms with Crippen LogP contribution in [0, 0.1) is 5.82 Å². The van der Waals surface area contributed by atoms with Crippen molar-refractivity contribution >= 4 is 21.8 Å². The van der Waals surface area contributed by atoms with Crippen LogP contribution < -0.4 is 10.1 Å². The third-order valence-corrected chi connectivity index (χ3v) is 4.42. The lowest BCUT2D eigenvalue weighted by atomic mass is 10.1. The van der Waals surface area contributed by atoms with Crippen LogP contribution in [0.3, 0.4) is 0 Å². The zero-order valence-corrected chi connectivity index (χ0v) is 15.4. The molecule has 0 aliphatic carbocycles. The van der Waals surface area contributed by atoms with Crippen molar-refractivity contribution in [2.75, 3.05) is 27.7 Å². The van der Waals surface area contributed by atoms with Gasteiger partial charge in [0.1, 0.15) is 11.6 Å². The molecule has 2 aromatic rings. The maximum atomic E-state index is 13.4. The molecule has 0 saturated heterocycles. The van der Waals surface area contributed by atoms with Crippen molar-refractivity contribution in [3.8, 4) is 5.75 Å². The predicted octanol–water partition coefficient (Wildman–Crippen LogP) is 3.63. The summed E-state index contributed by atoms with van der Waals surface area (Å²) in [6, 6.07) is 11.7. The summed E-state index contributed by atoms with van der Waals surface area (Å²) in [7, 11) is 5.50. The van der Waals surface area contributed by atoms with E-state index in [0.717, 1.165) is 11.3 Å². The summed E-state index contributed by atoms with van der Waals surface area (Å²) in [6.07, 6.45) is 0. The van der Waals surface area contributed by atoms with Gasteiger partial charge in [0.15, 0.2) is 0 Å². The third kappa shape index (κ3) is 4.55. The van der Waals surface area contributed by atoms with E-state index < -0.39 is 5.82 Å².